The van der Waals surface area contributed by atoms with Gasteiger partial charge in [0.05, 0.1) is 18.0 Å². The third-order valence-electron chi connectivity index (χ3n) is 3.77. The number of ether oxygens (including phenoxy) is 1. The SMILES string of the molecule is CC(C)Oc1ccc2c(C(=O)NCCCn3ccnc3)cc(=O)oc2c1. The molecule has 1 amide bonds. The number of nitrogens with one attached hydrogen (secondary N) is 1. The van der Waals surface area contributed by atoms with E-state index in [1.165, 1.54) is 6.07 Å². The Balaban J connectivity index is 1.73. The summed E-state index contributed by atoms with van der Waals surface area (Å²) in [7, 11) is 0. The van der Waals surface area contributed by atoms with E-state index in [0.717, 1.165) is 13.0 Å². The summed E-state index contributed by atoms with van der Waals surface area (Å²) < 4.78 is 12.8. The van der Waals surface area contributed by atoms with Crippen molar-refractivity contribution in [3.63, 3.8) is 0 Å². The number of aromatic nitrogens is 2. The van der Waals surface area contributed by atoms with Crippen molar-refractivity contribution >= 4 is 16.9 Å². The number of fused-ring (bicyclic) bond motifs is 1. The van der Waals surface area contributed by atoms with E-state index in [-0.39, 0.29) is 12.0 Å². The molecule has 2 aromatic heterocycles. The van der Waals surface area contributed by atoms with E-state index >= 15 is 0 Å². The van der Waals surface area contributed by atoms with Crippen LogP contribution in [0.1, 0.15) is 30.6 Å². The third-order valence-corrected chi connectivity index (χ3v) is 3.77. The van der Waals surface area contributed by atoms with Gasteiger partial charge in [-0.15, -0.1) is 0 Å². The first-order chi connectivity index (χ1) is 12.5. The maximum atomic E-state index is 12.5. The highest BCUT2D eigenvalue weighted by atomic mass is 16.5. The van der Waals surface area contributed by atoms with Gasteiger partial charge in [-0.05, 0) is 32.4 Å². The Labute approximate surface area is 150 Å². The van der Waals surface area contributed by atoms with Gasteiger partial charge in [-0.3, -0.25) is 4.79 Å². The molecule has 0 saturated carbocycles. The first-order valence-corrected chi connectivity index (χ1v) is 8.51. The zero-order valence-corrected chi connectivity index (χ0v) is 14.8. The fourth-order valence-electron chi connectivity index (χ4n) is 2.65. The van der Waals surface area contributed by atoms with Crippen molar-refractivity contribution in [2.45, 2.75) is 32.9 Å². The molecule has 0 spiro atoms. The van der Waals surface area contributed by atoms with E-state index in [1.807, 2.05) is 24.6 Å². The summed E-state index contributed by atoms with van der Waals surface area (Å²) in [4.78, 5) is 28.3. The van der Waals surface area contributed by atoms with Gasteiger partial charge in [0.2, 0.25) is 0 Å². The minimum Gasteiger partial charge on any atom is -0.491 e. The molecule has 7 heteroatoms. The highest BCUT2D eigenvalue weighted by Crippen LogP contribution is 2.23. The van der Waals surface area contributed by atoms with Gasteiger partial charge < -0.3 is 19.0 Å². The van der Waals surface area contributed by atoms with E-state index in [1.54, 1.807) is 30.7 Å². The molecular weight excluding hydrogens is 334 g/mol. The molecule has 0 bridgehead atoms. The number of carbonyl (C=O) groups is 1. The second kappa shape index (κ2) is 7.86. The largest absolute Gasteiger partial charge is 0.491 e. The number of hydrogen-bond donors (Lipinski definition) is 1. The molecule has 26 heavy (non-hydrogen) atoms. The van der Waals surface area contributed by atoms with Crippen LogP contribution >= 0.6 is 0 Å². The maximum Gasteiger partial charge on any atom is 0.337 e. The van der Waals surface area contributed by atoms with Crippen LogP contribution in [0.5, 0.6) is 5.75 Å². The zero-order valence-electron chi connectivity index (χ0n) is 14.8. The predicted molar refractivity (Wildman–Crippen MR) is 97.4 cm³/mol. The quantitative estimate of drug-likeness (QED) is 0.520. The number of rotatable bonds is 7. The smallest absolute Gasteiger partial charge is 0.337 e. The molecule has 2 heterocycles. The van der Waals surface area contributed by atoms with E-state index in [2.05, 4.69) is 10.3 Å². The lowest BCUT2D eigenvalue weighted by Gasteiger charge is -2.11. The lowest BCUT2D eigenvalue weighted by atomic mass is 10.1. The van der Waals surface area contributed by atoms with Crippen molar-refractivity contribution in [2.75, 3.05) is 6.54 Å². The average Bonchev–Trinajstić information content (AvgIpc) is 3.10. The van der Waals surface area contributed by atoms with Crippen LogP contribution in [-0.4, -0.2) is 28.1 Å². The topological polar surface area (TPSA) is 86.4 Å². The Morgan fingerprint density at radius 1 is 1.35 bits per heavy atom. The molecule has 1 aromatic carbocycles. The minimum atomic E-state index is -0.567. The number of amides is 1. The predicted octanol–water partition coefficient (Wildman–Crippen LogP) is 2.60. The maximum absolute atomic E-state index is 12.5. The van der Waals surface area contributed by atoms with Crippen molar-refractivity contribution in [3.8, 4) is 5.75 Å². The van der Waals surface area contributed by atoms with Crippen molar-refractivity contribution < 1.29 is 13.9 Å². The molecule has 0 aliphatic carbocycles. The Kier molecular flexibility index (Phi) is 5.36. The molecule has 0 aliphatic rings. The second-order valence-corrected chi connectivity index (χ2v) is 6.21. The van der Waals surface area contributed by atoms with Crippen molar-refractivity contribution in [1.82, 2.24) is 14.9 Å². The third kappa shape index (κ3) is 4.30. The molecule has 0 fully saturated rings. The fourth-order valence-corrected chi connectivity index (χ4v) is 2.65. The van der Waals surface area contributed by atoms with E-state index in [4.69, 9.17) is 9.15 Å². The molecule has 0 unspecified atom stereocenters. The normalized spacial score (nSPS) is 11.0. The Hall–Kier alpha value is -3.09. The van der Waals surface area contributed by atoms with E-state index < -0.39 is 5.63 Å². The van der Waals surface area contributed by atoms with Gasteiger partial charge in [0.15, 0.2) is 0 Å². The summed E-state index contributed by atoms with van der Waals surface area (Å²) in [5.74, 6) is 0.291. The highest BCUT2D eigenvalue weighted by Gasteiger charge is 2.14. The number of hydrogen-bond acceptors (Lipinski definition) is 5. The molecule has 3 rings (SSSR count). The molecular formula is C19H21N3O4. The van der Waals surface area contributed by atoms with Crippen LogP contribution in [0, 0.1) is 0 Å². The van der Waals surface area contributed by atoms with Gasteiger partial charge in [-0.2, -0.15) is 0 Å². The Morgan fingerprint density at radius 2 is 2.19 bits per heavy atom. The summed E-state index contributed by atoms with van der Waals surface area (Å²) in [6.07, 6.45) is 6.07. The van der Waals surface area contributed by atoms with Gasteiger partial charge in [0.25, 0.3) is 5.91 Å². The van der Waals surface area contributed by atoms with Crippen LogP contribution in [-0.2, 0) is 6.54 Å². The van der Waals surface area contributed by atoms with Crippen LogP contribution in [0.2, 0.25) is 0 Å². The number of carbonyl (C=O) groups excluding carboxylic acids is 1. The number of nitrogens with zero attached hydrogens (tertiary/aromatic N) is 2. The number of benzene rings is 1. The number of aryl methyl sites for hydroxylation is 1. The van der Waals surface area contributed by atoms with Gasteiger partial charge in [0, 0.05) is 43.0 Å². The van der Waals surface area contributed by atoms with Gasteiger partial charge in [-0.25, -0.2) is 9.78 Å². The lowest BCUT2D eigenvalue weighted by Crippen LogP contribution is -2.26. The standard InChI is InChI=1S/C19H21N3O4/c1-13(2)25-14-4-5-15-16(11-18(23)26-17(15)10-14)19(24)21-6-3-8-22-9-7-20-12-22/h4-5,7,9-13H,3,6,8H2,1-2H3,(H,21,24). The lowest BCUT2D eigenvalue weighted by molar-refractivity contribution is 0.0953. The Morgan fingerprint density at radius 3 is 2.92 bits per heavy atom. The highest BCUT2D eigenvalue weighted by molar-refractivity contribution is 6.05. The summed E-state index contributed by atoms with van der Waals surface area (Å²) in [6.45, 7) is 5.07. The van der Waals surface area contributed by atoms with Gasteiger partial charge in [-0.1, -0.05) is 0 Å². The van der Waals surface area contributed by atoms with Crippen LogP contribution in [0.15, 0.2) is 52.2 Å². The molecule has 0 radical (unpaired) electrons. The molecule has 0 atom stereocenters. The van der Waals surface area contributed by atoms with Crippen LogP contribution in [0.25, 0.3) is 11.0 Å². The second-order valence-electron chi connectivity index (χ2n) is 6.21. The molecule has 0 aliphatic heterocycles. The first kappa shape index (κ1) is 17.7. The molecule has 136 valence electrons. The average molecular weight is 355 g/mol. The van der Waals surface area contributed by atoms with Crippen molar-refractivity contribution in [3.05, 3.63) is 59.0 Å². The fraction of sp³-hybridized carbons (Fsp3) is 0.316. The summed E-state index contributed by atoms with van der Waals surface area (Å²) in [5.41, 5.74) is 0.0666. The van der Waals surface area contributed by atoms with Crippen LogP contribution in [0.4, 0.5) is 0 Å². The summed E-state index contributed by atoms with van der Waals surface area (Å²) in [5, 5.41) is 3.42. The first-order valence-electron chi connectivity index (χ1n) is 8.51. The minimum absolute atomic E-state index is 0.00106. The zero-order chi connectivity index (χ0) is 18.5. The van der Waals surface area contributed by atoms with Gasteiger partial charge in [0.1, 0.15) is 11.3 Å². The van der Waals surface area contributed by atoms with E-state index in [9.17, 15) is 9.59 Å². The van der Waals surface area contributed by atoms with Crippen LogP contribution < -0.4 is 15.7 Å². The summed E-state index contributed by atoms with van der Waals surface area (Å²) in [6, 6.07) is 6.34. The molecule has 1 N–H and O–H groups in total. The molecule has 7 nitrogen and oxygen atoms in total. The molecule has 3 aromatic rings. The van der Waals surface area contributed by atoms with Crippen molar-refractivity contribution in [1.29, 1.82) is 0 Å². The van der Waals surface area contributed by atoms with Crippen molar-refractivity contribution in [2.24, 2.45) is 0 Å². The number of imidazole rings is 1. The Bertz CT molecular complexity index is 945. The van der Waals surface area contributed by atoms with Gasteiger partial charge >= 0.3 is 5.63 Å². The van der Waals surface area contributed by atoms with Crippen LogP contribution in [0.3, 0.4) is 0 Å². The molecule has 0 saturated heterocycles. The van der Waals surface area contributed by atoms with E-state index in [0.29, 0.717) is 28.8 Å². The monoisotopic (exact) mass is 355 g/mol. The summed E-state index contributed by atoms with van der Waals surface area (Å²) >= 11 is 0.